The maximum atomic E-state index is 14.2. The summed E-state index contributed by atoms with van der Waals surface area (Å²) < 4.78 is 14.2. The van der Waals surface area contributed by atoms with Crippen LogP contribution in [0.4, 0.5) is 21.7 Å². The second-order valence-electron chi connectivity index (χ2n) is 6.68. The van der Waals surface area contributed by atoms with Crippen LogP contribution in [0.2, 0.25) is 0 Å². The SMILES string of the molecule is N#Cc1ccc(N2CCN(c3cc(N4CCCC4)ncn3)CC2)c(F)c1. The molecule has 2 aliphatic heterocycles. The molecular weight excluding hydrogens is 331 g/mol. The molecule has 0 aliphatic carbocycles. The number of rotatable bonds is 3. The van der Waals surface area contributed by atoms with Gasteiger partial charge < -0.3 is 14.7 Å². The number of piperazine rings is 1. The molecule has 1 aromatic carbocycles. The third-order valence-electron chi connectivity index (χ3n) is 5.09. The van der Waals surface area contributed by atoms with Gasteiger partial charge in [-0.1, -0.05) is 0 Å². The van der Waals surface area contributed by atoms with Gasteiger partial charge in [0.05, 0.1) is 17.3 Å². The molecule has 7 heteroatoms. The van der Waals surface area contributed by atoms with E-state index in [-0.39, 0.29) is 5.82 Å². The van der Waals surface area contributed by atoms with E-state index in [1.54, 1.807) is 18.5 Å². The lowest BCUT2D eigenvalue weighted by Crippen LogP contribution is -2.47. The van der Waals surface area contributed by atoms with Gasteiger partial charge in [0.2, 0.25) is 0 Å². The van der Waals surface area contributed by atoms with Gasteiger partial charge in [-0.2, -0.15) is 5.26 Å². The largest absolute Gasteiger partial charge is 0.366 e. The van der Waals surface area contributed by atoms with Crippen molar-refractivity contribution in [2.75, 3.05) is 54.0 Å². The van der Waals surface area contributed by atoms with Crippen LogP contribution in [0.1, 0.15) is 18.4 Å². The highest BCUT2D eigenvalue weighted by atomic mass is 19.1. The van der Waals surface area contributed by atoms with Crippen molar-refractivity contribution >= 4 is 17.3 Å². The normalized spacial score (nSPS) is 17.5. The molecule has 0 radical (unpaired) electrons. The molecule has 134 valence electrons. The van der Waals surface area contributed by atoms with Crippen molar-refractivity contribution < 1.29 is 4.39 Å². The molecule has 26 heavy (non-hydrogen) atoms. The zero-order valence-corrected chi connectivity index (χ0v) is 14.6. The predicted octanol–water partition coefficient (Wildman–Crippen LogP) is 2.41. The number of hydrogen-bond donors (Lipinski definition) is 0. The highest BCUT2D eigenvalue weighted by Gasteiger charge is 2.22. The Hall–Kier alpha value is -2.88. The van der Waals surface area contributed by atoms with Crippen LogP contribution < -0.4 is 14.7 Å². The van der Waals surface area contributed by atoms with Crippen LogP contribution >= 0.6 is 0 Å². The molecule has 2 aromatic rings. The van der Waals surface area contributed by atoms with Crippen LogP contribution in [0.5, 0.6) is 0 Å². The first-order chi connectivity index (χ1) is 12.7. The number of nitrogens with zero attached hydrogens (tertiary/aromatic N) is 6. The summed E-state index contributed by atoms with van der Waals surface area (Å²) in [5.74, 6) is 1.59. The summed E-state index contributed by atoms with van der Waals surface area (Å²) in [7, 11) is 0. The first-order valence-corrected chi connectivity index (χ1v) is 9.01. The van der Waals surface area contributed by atoms with Crippen molar-refractivity contribution in [1.82, 2.24) is 9.97 Å². The lowest BCUT2D eigenvalue weighted by molar-refractivity contribution is 0.595. The molecule has 0 N–H and O–H groups in total. The van der Waals surface area contributed by atoms with Crippen LogP contribution in [0.15, 0.2) is 30.6 Å². The number of nitriles is 1. The Morgan fingerprint density at radius 1 is 0.846 bits per heavy atom. The third kappa shape index (κ3) is 3.27. The zero-order valence-electron chi connectivity index (χ0n) is 14.6. The standard InChI is InChI=1S/C19H21FN6/c20-16-11-15(13-21)3-4-17(16)24-7-9-26(10-8-24)19-12-18(22-14-23-19)25-5-1-2-6-25/h3-4,11-12,14H,1-2,5-10H2. The van der Waals surface area contributed by atoms with Gasteiger partial charge in [0.1, 0.15) is 23.8 Å². The van der Waals surface area contributed by atoms with Crippen LogP contribution in [-0.4, -0.2) is 49.2 Å². The molecular formula is C19H21FN6. The Morgan fingerprint density at radius 2 is 1.46 bits per heavy atom. The van der Waals surface area contributed by atoms with Crippen molar-refractivity contribution in [2.24, 2.45) is 0 Å². The minimum absolute atomic E-state index is 0.337. The van der Waals surface area contributed by atoms with E-state index in [0.29, 0.717) is 24.3 Å². The Balaban J connectivity index is 1.44. The first-order valence-electron chi connectivity index (χ1n) is 9.01. The van der Waals surface area contributed by atoms with E-state index in [4.69, 9.17) is 5.26 Å². The molecule has 0 saturated carbocycles. The molecule has 0 spiro atoms. The number of anilines is 3. The Labute approximate surface area is 152 Å². The molecule has 0 bridgehead atoms. The Morgan fingerprint density at radius 3 is 2.08 bits per heavy atom. The summed E-state index contributed by atoms with van der Waals surface area (Å²) in [5.41, 5.74) is 0.907. The molecule has 0 unspecified atom stereocenters. The van der Waals surface area contributed by atoms with Crippen LogP contribution in [-0.2, 0) is 0 Å². The molecule has 3 heterocycles. The number of aromatic nitrogens is 2. The summed E-state index contributed by atoms with van der Waals surface area (Å²) in [6.45, 7) is 5.09. The van der Waals surface area contributed by atoms with Crippen molar-refractivity contribution in [3.8, 4) is 6.07 Å². The van der Waals surface area contributed by atoms with Gasteiger partial charge in [-0.05, 0) is 31.0 Å². The quantitative estimate of drug-likeness (QED) is 0.845. The van der Waals surface area contributed by atoms with Gasteiger partial charge in [0, 0.05) is 45.3 Å². The summed E-state index contributed by atoms with van der Waals surface area (Å²) in [5, 5.41) is 8.87. The van der Waals surface area contributed by atoms with Crippen molar-refractivity contribution in [3.05, 3.63) is 42.0 Å². The Kier molecular flexibility index (Phi) is 4.57. The van der Waals surface area contributed by atoms with Gasteiger partial charge in [0.25, 0.3) is 0 Å². The monoisotopic (exact) mass is 352 g/mol. The number of hydrogen-bond acceptors (Lipinski definition) is 6. The molecule has 1 aromatic heterocycles. The van der Waals surface area contributed by atoms with E-state index >= 15 is 0 Å². The van der Waals surface area contributed by atoms with Crippen molar-refractivity contribution in [1.29, 1.82) is 5.26 Å². The fraction of sp³-hybridized carbons (Fsp3) is 0.421. The summed E-state index contributed by atoms with van der Waals surface area (Å²) in [6.07, 6.45) is 4.07. The van der Waals surface area contributed by atoms with Crippen LogP contribution in [0, 0.1) is 17.1 Å². The van der Waals surface area contributed by atoms with Crippen molar-refractivity contribution in [2.45, 2.75) is 12.8 Å². The minimum atomic E-state index is -0.337. The Bertz CT molecular complexity index is 819. The summed E-state index contributed by atoms with van der Waals surface area (Å²) >= 11 is 0. The first kappa shape index (κ1) is 16.6. The van der Waals surface area contributed by atoms with Crippen LogP contribution in [0.25, 0.3) is 0 Å². The van der Waals surface area contributed by atoms with Gasteiger partial charge in [-0.3, -0.25) is 0 Å². The van der Waals surface area contributed by atoms with E-state index in [2.05, 4.69) is 25.8 Å². The molecule has 2 fully saturated rings. The second-order valence-corrected chi connectivity index (χ2v) is 6.68. The maximum Gasteiger partial charge on any atom is 0.147 e. The smallest absolute Gasteiger partial charge is 0.147 e. The van der Waals surface area contributed by atoms with E-state index in [1.165, 1.54) is 18.9 Å². The number of benzene rings is 1. The van der Waals surface area contributed by atoms with Crippen LogP contribution in [0.3, 0.4) is 0 Å². The maximum absolute atomic E-state index is 14.2. The summed E-state index contributed by atoms with van der Waals surface area (Å²) in [4.78, 5) is 15.4. The average molecular weight is 352 g/mol. The molecule has 0 amide bonds. The highest BCUT2D eigenvalue weighted by Crippen LogP contribution is 2.25. The third-order valence-corrected chi connectivity index (χ3v) is 5.09. The highest BCUT2D eigenvalue weighted by molar-refractivity contribution is 5.55. The lowest BCUT2D eigenvalue weighted by atomic mass is 10.2. The van der Waals surface area contributed by atoms with Gasteiger partial charge >= 0.3 is 0 Å². The molecule has 4 rings (SSSR count). The topological polar surface area (TPSA) is 59.3 Å². The summed E-state index contributed by atoms with van der Waals surface area (Å²) in [6, 6.07) is 8.69. The van der Waals surface area contributed by atoms with Gasteiger partial charge in [0.15, 0.2) is 0 Å². The molecule has 2 saturated heterocycles. The van der Waals surface area contributed by atoms with E-state index in [0.717, 1.165) is 37.8 Å². The van der Waals surface area contributed by atoms with Gasteiger partial charge in [-0.15, -0.1) is 0 Å². The van der Waals surface area contributed by atoms with Crippen molar-refractivity contribution in [3.63, 3.8) is 0 Å². The van der Waals surface area contributed by atoms with E-state index in [9.17, 15) is 4.39 Å². The average Bonchev–Trinajstić information content (AvgIpc) is 3.23. The molecule has 0 atom stereocenters. The molecule has 6 nitrogen and oxygen atoms in total. The van der Waals surface area contributed by atoms with E-state index in [1.807, 2.05) is 11.0 Å². The fourth-order valence-corrected chi connectivity index (χ4v) is 3.64. The molecule has 2 aliphatic rings. The second kappa shape index (κ2) is 7.16. The fourth-order valence-electron chi connectivity index (χ4n) is 3.64. The van der Waals surface area contributed by atoms with Gasteiger partial charge in [-0.25, -0.2) is 14.4 Å². The predicted molar refractivity (Wildman–Crippen MR) is 99.0 cm³/mol. The number of halogens is 1. The van der Waals surface area contributed by atoms with E-state index < -0.39 is 0 Å². The zero-order chi connectivity index (χ0) is 17.9. The lowest BCUT2D eigenvalue weighted by Gasteiger charge is -2.37. The minimum Gasteiger partial charge on any atom is -0.366 e.